The van der Waals surface area contributed by atoms with Crippen molar-refractivity contribution in [2.45, 2.75) is 6.42 Å². The first kappa shape index (κ1) is 9.22. The fraction of sp³-hybridized carbons (Fsp3) is 0.0667. The second-order valence-corrected chi connectivity index (χ2v) is 4.19. The van der Waals surface area contributed by atoms with E-state index in [2.05, 4.69) is 36.9 Å². The zero-order valence-corrected chi connectivity index (χ0v) is 9.03. The monoisotopic (exact) mass is 207 g/mol. The van der Waals surface area contributed by atoms with Crippen LogP contribution in [-0.2, 0) is 6.42 Å². The summed E-state index contributed by atoms with van der Waals surface area (Å²) in [6.07, 6.45) is 0.970. The third-order valence-corrected chi connectivity index (χ3v) is 3.20. The number of hydrogen-bond acceptors (Lipinski definition) is 1. The number of nitrogens with two attached hydrogens (primary N) is 1. The molecule has 0 radical (unpaired) electrons. The molecular weight excluding hydrogens is 194 g/mol. The van der Waals surface area contributed by atoms with Crippen LogP contribution in [0.25, 0.3) is 16.8 Å². The van der Waals surface area contributed by atoms with Crippen LogP contribution in [0.3, 0.4) is 0 Å². The van der Waals surface area contributed by atoms with Crippen LogP contribution in [0.15, 0.2) is 49.0 Å². The van der Waals surface area contributed by atoms with E-state index in [0.29, 0.717) is 5.70 Å². The minimum absolute atomic E-state index is 0.657. The molecule has 0 saturated carbocycles. The fourth-order valence-corrected chi connectivity index (χ4v) is 2.46. The maximum Gasteiger partial charge on any atom is 0.0317 e. The summed E-state index contributed by atoms with van der Waals surface area (Å²) in [5.41, 5.74) is 12.9. The highest BCUT2D eigenvalue weighted by Crippen LogP contribution is 2.38. The minimum Gasteiger partial charge on any atom is -0.399 e. The molecule has 2 N–H and O–H groups in total. The number of rotatable bonds is 1. The van der Waals surface area contributed by atoms with E-state index in [1.54, 1.807) is 0 Å². The molecule has 0 unspecified atom stereocenters. The van der Waals surface area contributed by atoms with Gasteiger partial charge >= 0.3 is 0 Å². The van der Waals surface area contributed by atoms with Crippen LogP contribution in [0, 0.1) is 0 Å². The van der Waals surface area contributed by atoms with Crippen molar-refractivity contribution < 1.29 is 0 Å². The Morgan fingerprint density at radius 3 is 2.56 bits per heavy atom. The molecule has 0 aliphatic heterocycles. The standard InChI is InChI=1S/C15H13N/c1-10(16)12-7-4-8-14-13-6-3-2-5-11(13)9-15(12)14/h2-8H,1,9,16H2. The molecule has 0 bridgehead atoms. The van der Waals surface area contributed by atoms with Crippen LogP contribution >= 0.6 is 0 Å². The van der Waals surface area contributed by atoms with Crippen LogP contribution in [-0.4, -0.2) is 0 Å². The van der Waals surface area contributed by atoms with Crippen molar-refractivity contribution >= 4 is 5.70 Å². The van der Waals surface area contributed by atoms with Gasteiger partial charge in [-0.25, -0.2) is 0 Å². The van der Waals surface area contributed by atoms with Gasteiger partial charge in [-0.2, -0.15) is 0 Å². The van der Waals surface area contributed by atoms with Gasteiger partial charge in [0.1, 0.15) is 0 Å². The van der Waals surface area contributed by atoms with Gasteiger partial charge in [0.15, 0.2) is 0 Å². The largest absolute Gasteiger partial charge is 0.399 e. The molecule has 3 rings (SSSR count). The normalized spacial score (nSPS) is 12.0. The lowest BCUT2D eigenvalue weighted by Gasteiger charge is -2.07. The quantitative estimate of drug-likeness (QED) is 0.651. The molecule has 1 aliphatic rings. The van der Waals surface area contributed by atoms with Crippen LogP contribution in [0.4, 0.5) is 0 Å². The van der Waals surface area contributed by atoms with Crippen molar-refractivity contribution in [3.63, 3.8) is 0 Å². The van der Waals surface area contributed by atoms with Gasteiger partial charge in [-0.05, 0) is 28.7 Å². The van der Waals surface area contributed by atoms with Crippen molar-refractivity contribution in [3.8, 4) is 11.1 Å². The molecule has 1 nitrogen and oxygen atoms in total. The Labute approximate surface area is 95.2 Å². The highest BCUT2D eigenvalue weighted by Gasteiger charge is 2.20. The maximum atomic E-state index is 5.83. The van der Waals surface area contributed by atoms with E-state index < -0.39 is 0 Å². The Morgan fingerprint density at radius 2 is 1.75 bits per heavy atom. The van der Waals surface area contributed by atoms with Crippen molar-refractivity contribution in [1.29, 1.82) is 0 Å². The van der Waals surface area contributed by atoms with E-state index in [-0.39, 0.29) is 0 Å². The van der Waals surface area contributed by atoms with Gasteiger partial charge in [0.25, 0.3) is 0 Å². The van der Waals surface area contributed by atoms with E-state index in [4.69, 9.17) is 5.73 Å². The van der Waals surface area contributed by atoms with E-state index in [0.717, 1.165) is 12.0 Å². The third kappa shape index (κ3) is 1.18. The first-order valence-corrected chi connectivity index (χ1v) is 5.42. The molecule has 0 amide bonds. The summed E-state index contributed by atoms with van der Waals surface area (Å²) in [5.74, 6) is 0. The summed E-state index contributed by atoms with van der Waals surface area (Å²) in [6.45, 7) is 3.84. The second kappa shape index (κ2) is 3.24. The van der Waals surface area contributed by atoms with Gasteiger partial charge in [-0.1, -0.05) is 49.0 Å². The van der Waals surface area contributed by atoms with Gasteiger partial charge in [-0.15, -0.1) is 0 Å². The first-order chi connectivity index (χ1) is 7.77. The van der Waals surface area contributed by atoms with Gasteiger partial charge in [0, 0.05) is 11.3 Å². The molecule has 0 fully saturated rings. The Kier molecular flexibility index (Phi) is 1.87. The molecule has 0 atom stereocenters. The Bertz CT molecular complexity index is 582. The van der Waals surface area contributed by atoms with Gasteiger partial charge in [-0.3, -0.25) is 0 Å². The SMILES string of the molecule is C=C(N)c1cccc2c1Cc1ccccc1-2. The average Bonchev–Trinajstić information content (AvgIpc) is 2.67. The summed E-state index contributed by atoms with van der Waals surface area (Å²) in [4.78, 5) is 0. The van der Waals surface area contributed by atoms with Crippen LogP contribution in [0.1, 0.15) is 16.7 Å². The Balaban J connectivity index is 2.28. The lowest BCUT2D eigenvalue weighted by atomic mass is 10.00. The molecule has 2 aromatic carbocycles. The van der Waals surface area contributed by atoms with E-state index in [1.807, 2.05) is 12.1 Å². The summed E-state index contributed by atoms with van der Waals surface area (Å²) in [6, 6.07) is 14.8. The summed E-state index contributed by atoms with van der Waals surface area (Å²) < 4.78 is 0. The highest BCUT2D eigenvalue weighted by atomic mass is 14.6. The lowest BCUT2D eigenvalue weighted by molar-refractivity contribution is 1.24. The maximum absolute atomic E-state index is 5.83. The van der Waals surface area contributed by atoms with Crippen molar-refractivity contribution in [2.75, 3.05) is 0 Å². The number of fused-ring (bicyclic) bond motifs is 3. The van der Waals surface area contributed by atoms with E-state index in [1.165, 1.54) is 22.3 Å². The molecule has 0 heterocycles. The average molecular weight is 207 g/mol. The molecule has 1 aliphatic carbocycles. The number of benzene rings is 2. The van der Waals surface area contributed by atoms with Gasteiger partial charge in [0.05, 0.1) is 0 Å². The first-order valence-electron chi connectivity index (χ1n) is 5.42. The van der Waals surface area contributed by atoms with E-state index in [9.17, 15) is 0 Å². The zero-order valence-electron chi connectivity index (χ0n) is 9.03. The van der Waals surface area contributed by atoms with Crippen LogP contribution < -0.4 is 5.73 Å². The minimum atomic E-state index is 0.657. The summed E-state index contributed by atoms with van der Waals surface area (Å²) in [5, 5.41) is 0. The second-order valence-electron chi connectivity index (χ2n) is 4.19. The zero-order chi connectivity index (χ0) is 11.1. The topological polar surface area (TPSA) is 26.0 Å². The third-order valence-electron chi connectivity index (χ3n) is 3.20. The van der Waals surface area contributed by atoms with E-state index >= 15 is 0 Å². The Morgan fingerprint density at radius 1 is 1.00 bits per heavy atom. The smallest absolute Gasteiger partial charge is 0.0317 e. The highest BCUT2D eigenvalue weighted by molar-refractivity contribution is 5.82. The predicted octanol–water partition coefficient (Wildman–Crippen LogP) is 3.19. The fourth-order valence-electron chi connectivity index (χ4n) is 2.46. The molecule has 0 spiro atoms. The van der Waals surface area contributed by atoms with Crippen molar-refractivity contribution in [1.82, 2.24) is 0 Å². The molecule has 1 heteroatoms. The molecule has 2 aromatic rings. The van der Waals surface area contributed by atoms with Crippen molar-refractivity contribution in [3.05, 3.63) is 65.7 Å². The molecule has 78 valence electrons. The lowest BCUT2D eigenvalue weighted by Crippen LogP contribution is -1.98. The van der Waals surface area contributed by atoms with Crippen molar-refractivity contribution in [2.24, 2.45) is 5.73 Å². The summed E-state index contributed by atoms with van der Waals surface area (Å²) >= 11 is 0. The van der Waals surface area contributed by atoms with Gasteiger partial charge < -0.3 is 5.73 Å². The summed E-state index contributed by atoms with van der Waals surface area (Å²) in [7, 11) is 0. The van der Waals surface area contributed by atoms with Crippen LogP contribution in [0.2, 0.25) is 0 Å². The molecule has 16 heavy (non-hydrogen) atoms. The Hall–Kier alpha value is -2.02. The molecule has 0 saturated heterocycles. The van der Waals surface area contributed by atoms with Crippen LogP contribution in [0.5, 0.6) is 0 Å². The number of hydrogen-bond donors (Lipinski definition) is 1. The van der Waals surface area contributed by atoms with Gasteiger partial charge in [0.2, 0.25) is 0 Å². The molecular formula is C15H13N. The predicted molar refractivity (Wildman–Crippen MR) is 67.9 cm³/mol. The molecule has 0 aromatic heterocycles.